The first-order valence-electron chi connectivity index (χ1n) is 6.57. The van der Waals surface area contributed by atoms with Crippen molar-refractivity contribution < 1.29 is 14.6 Å². The molecule has 0 heterocycles. The standard InChI is InChI=1S/C16H16BrClO3/c1-2-20-16-7-11(9-19)3-6-15(16)21-10-12-4-5-13(17)8-14(12)18/h3-8,19H,2,9-10H2,1H3. The maximum atomic E-state index is 9.17. The van der Waals surface area contributed by atoms with Crippen LogP contribution < -0.4 is 9.47 Å². The van der Waals surface area contributed by atoms with E-state index < -0.39 is 0 Å². The first-order valence-corrected chi connectivity index (χ1v) is 7.74. The van der Waals surface area contributed by atoms with Gasteiger partial charge in [0, 0.05) is 15.1 Å². The fourth-order valence-electron chi connectivity index (χ4n) is 1.83. The second-order valence-electron chi connectivity index (χ2n) is 4.40. The van der Waals surface area contributed by atoms with E-state index in [4.69, 9.17) is 21.1 Å². The van der Waals surface area contributed by atoms with Gasteiger partial charge in [0.1, 0.15) is 6.61 Å². The molecule has 0 aliphatic carbocycles. The molecular weight excluding hydrogens is 356 g/mol. The van der Waals surface area contributed by atoms with Gasteiger partial charge in [-0.2, -0.15) is 0 Å². The molecule has 2 aromatic carbocycles. The highest BCUT2D eigenvalue weighted by molar-refractivity contribution is 9.10. The van der Waals surface area contributed by atoms with Crippen molar-refractivity contribution in [2.45, 2.75) is 20.1 Å². The second-order valence-corrected chi connectivity index (χ2v) is 5.72. The highest BCUT2D eigenvalue weighted by atomic mass is 79.9. The van der Waals surface area contributed by atoms with Gasteiger partial charge in [0.05, 0.1) is 13.2 Å². The number of aliphatic hydroxyl groups excluding tert-OH is 1. The molecule has 2 aromatic rings. The summed E-state index contributed by atoms with van der Waals surface area (Å²) in [6, 6.07) is 11.0. The molecule has 0 saturated carbocycles. The molecule has 0 amide bonds. The summed E-state index contributed by atoms with van der Waals surface area (Å²) in [6.07, 6.45) is 0. The van der Waals surface area contributed by atoms with Gasteiger partial charge in [-0.05, 0) is 36.8 Å². The number of aliphatic hydroxyl groups is 1. The third-order valence-corrected chi connectivity index (χ3v) is 3.73. The van der Waals surface area contributed by atoms with Crippen molar-refractivity contribution in [2.24, 2.45) is 0 Å². The van der Waals surface area contributed by atoms with Crippen LogP contribution in [0.1, 0.15) is 18.1 Å². The van der Waals surface area contributed by atoms with E-state index in [0.717, 1.165) is 15.6 Å². The van der Waals surface area contributed by atoms with Crippen molar-refractivity contribution in [1.82, 2.24) is 0 Å². The van der Waals surface area contributed by atoms with Crippen molar-refractivity contribution >= 4 is 27.5 Å². The Morgan fingerprint density at radius 1 is 1.10 bits per heavy atom. The van der Waals surface area contributed by atoms with Crippen LogP contribution in [0.5, 0.6) is 11.5 Å². The number of halogens is 2. The quantitative estimate of drug-likeness (QED) is 0.808. The van der Waals surface area contributed by atoms with Gasteiger partial charge in [-0.1, -0.05) is 39.7 Å². The van der Waals surface area contributed by atoms with Gasteiger partial charge < -0.3 is 14.6 Å². The van der Waals surface area contributed by atoms with Crippen molar-refractivity contribution in [3.8, 4) is 11.5 Å². The van der Waals surface area contributed by atoms with Crippen LogP contribution in [-0.2, 0) is 13.2 Å². The van der Waals surface area contributed by atoms with Crippen LogP contribution in [0.4, 0.5) is 0 Å². The minimum atomic E-state index is -0.0289. The fraction of sp³-hybridized carbons (Fsp3) is 0.250. The topological polar surface area (TPSA) is 38.7 Å². The fourth-order valence-corrected chi connectivity index (χ4v) is 2.56. The van der Waals surface area contributed by atoms with Gasteiger partial charge in [-0.15, -0.1) is 0 Å². The van der Waals surface area contributed by atoms with Crippen molar-refractivity contribution in [3.63, 3.8) is 0 Å². The largest absolute Gasteiger partial charge is 0.490 e. The van der Waals surface area contributed by atoms with E-state index in [9.17, 15) is 5.11 Å². The molecule has 21 heavy (non-hydrogen) atoms. The monoisotopic (exact) mass is 370 g/mol. The molecule has 1 N–H and O–H groups in total. The first kappa shape index (κ1) is 16.1. The number of ether oxygens (including phenoxy) is 2. The van der Waals surface area contributed by atoms with E-state index in [1.165, 1.54) is 0 Å². The lowest BCUT2D eigenvalue weighted by atomic mass is 10.2. The zero-order valence-corrected chi connectivity index (χ0v) is 13.9. The predicted molar refractivity (Wildman–Crippen MR) is 87.0 cm³/mol. The van der Waals surface area contributed by atoms with Gasteiger partial charge in [0.2, 0.25) is 0 Å². The Morgan fingerprint density at radius 2 is 1.90 bits per heavy atom. The molecule has 0 bridgehead atoms. The van der Waals surface area contributed by atoms with Crippen molar-refractivity contribution in [2.75, 3.05) is 6.61 Å². The molecular formula is C16H16BrClO3. The summed E-state index contributed by atoms with van der Waals surface area (Å²) < 4.78 is 12.3. The lowest BCUT2D eigenvalue weighted by Gasteiger charge is -2.13. The Balaban J connectivity index is 2.15. The van der Waals surface area contributed by atoms with Crippen LogP contribution in [-0.4, -0.2) is 11.7 Å². The average molecular weight is 372 g/mol. The average Bonchev–Trinajstić information content (AvgIpc) is 2.47. The van der Waals surface area contributed by atoms with Crippen LogP contribution in [0.25, 0.3) is 0 Å². The Bertz CT molecular complexity index is 616. The second kappa shape index (κ2) is 7.69. The van der Waals surface area contributed by atoms with Gasteiger partial charge in [-0.25, -0.2) is 0 Å². The van der Waals surface area contributed by atoms with E-state index in [2.05, 4.69) is 15.9 Å². The Morgan fingerprint density at radius 3 is 2.57 bits per heavy atom. The third kappa shape index (κ3) is 4.37. The minimum absolute atomic E-state index is 0.0289. The first-order chi connectivity index (χ1) is 10.1. The molecule has 3 nitrogen and oxygen atoms in total. The molecule has 0 aromatic heterocycles. The maximum Gasteiger partial charge on any atom is 0.161 e. The molecule has 0 spiro atoms. The Kier molecular flexibility index (Phi) is 5.91. The molecule has 0 unspecified atom stereocenters. The van der Waals surface area contributed by atoms with E-state index in [1.54, 1.807) is 18.2 Å². The molecule has 0 saturated heterocycles. The number of rotatable bonds is 6. The zero-order chi connectivity index (χ0) is 15.2. The third-order valence-electron chi connectivity index (χ3n) is 2.89. The summed E-state index contributed by atoms with van der Waals surface area (Å²) in [5.41, 5.74) is 1.68. The number of hydrogen-bond acceptors (Lipinski definition) is 3. The summed E-state index contributed by atoms with van der Waals surface area (Å²) in [6.45, 7) is 2.76. The lowest BCUT2D eigenvalue weighted by molar-refractivity contribution is 0.264. The van der Waals surface area contributed by atoms with Gasteiger partial charge in [0.25, 0.3) is 0 Å². The minimum Gasteiger partial charge on any atom is -0.490 e. The molecule has 0 fully saturated rings. The van der Waals surface area contributed by atoms with E-state index >= 15 is 0 Å². The van der Waals surface area contributed by atoms with Gasteiger partial charge in [0.15, 0.2) is 11.5 Å². The highest BCUT2D eigenvalue weighted by Crippen LogP contribution is 2.30. The molecule has 112 valence electrons. The normalized spacial score (nSPS) is 10.5. The Labute approximate surface area is 137 Å². The van der Waals surface area contributed by atoms with Crippen LogP contribution in [0, 0.1) is 0 Å². The molecule has 0 aliphatic rings. The van der Waals surface area contributed by atoms with E-state index in [-0.39, 0.29) is 6.61 Å². The maximum absolute atomic E-state index is 9.17. The van der Waals surface area contributed by atoms with Crippen molar-refractivity contribution in [1.29, 1.82) is 0 Å². The Hall–Kier alpha value is -1.23. The van der Waals surface area contributed by atoms with Crippen LogP contribution in [0.15, 0.2) is 40.9 Å². The van der Waals surface area contributed by atoms with Gasteiger partial charge >= 0.3 is 0 Å². The predicted octanol–water partition coefficient (Wildman–Crippen LogP) is 4.57. The molecule has 0 atom stereocenters. The van der Waals surface area contributed by atoms with Gasteiger partial charge in [-0.3, -0.25) is 0 Å². The molecule has 0 radical (unpaired) electrons. The lowest BCUT2D eigenvalue weighted by Crippen LogP contribution is -2.01. The molecule has 5 heteroatoms. The SMILES string of the molecule is CCOc1cc(CO)ccc1OCc1ccc(Br)cc1Cl. The summed E-state index contributed by atoms with van der Waals surface area (Å²) in [5.74, 6) is 1.25. The van der Waals surface area contributed by atoms with Crippen molar-refractivity contribution in [3.05, 3.63) is 57.0 Å². The summed E-state index contributed by atoms with van der Waals surface area (Å²) >= 11 is 9.54. The summed E-state index contributed by atoms with van der Waals surface area (Å²) in [5, 5.41) is 9.82. The smallest absolute Gasteiger partial charge is 0.161 e. The molecule has 2 rings (SSSR count). The van der Waals surface area contributed by atoms with E-state index in [1.807, 2.05) is 25.1 Å². The van der Waals surface area contributed by atoms with Crippen LogP contribution in [0.2, 0.25) is 5.02 Å². The zero-order valence-electron chi connectivity index (χ0n) is 11.6. The summed E-state index contributed by atoms with van der Waals surface area (Å²) in [4.78, 5) is 0. The molecule has 0 aliphatic heterocycles. The number of hydrogen-bond donors (Lipinski definition) is 1. The van der Waals surface area contributed by atoms with E-state index in [0.29, 0.717) is 29.7 Å². The number of benzene rings is 2. The highest BCUT2D eigenvalue weighted by Gasteiger charge is 2.08. The van der Waals surface area contributed by atoms with Crippen LogP contribution in [0.3, 0.4) is 0 Å². The summed E-state index contributed by atoms with van der Waals surface area (Å²) in [7, 11) is 0. The van der Waals surface area contributed by atoms with Crippen LogP contribution >= 0.6 is 27.5 Å².